The highest BCUT2D eigenvalue weighted by molar-refractivity contribution is 6.31. The van der Waals surface area contributed by atoms with Gasteiger partial charge in [-0.2, -0.15) is 13.2 Å². The van der Waals surface area contributed by atoms with E-state index in [-0.39, 0.29) is 0 Å². The average Bonchev–Trinajstić information content (AvgIpc) is 2.48. The van der Waals surface area contributed by atoms with Crippen LogP contribution in [0.15, 0.2) is 41.3 Å². The van der Waals surface area contributed by atoms with E-state index in [9.17, 15) is 22.8 Å². The molecular weight excluding hydrogens is 359 g/mol. The number of anilines is 2. The van der Waals surface area contributed by atoms with Gasteiger partial charge in [0.05, 0.1) is 16.9 Å². The second-order valence-corrected chi connectivity index (χ2v) is 5.92. The zero-order valence-corrected chi connectivity index (χ0v) is 14.1. The molecule has 5 nitrogen and oxygen atoms in total. The van der Waals surface area contributed by atoms with Crippen LogP contribution in [0.5, 0.6) is 0 Å². The van der Waals surface area contributed by atoms with Crippen LogP contribution in [0.4, 0.5) is 24.5 Å². The minimum absolute atomic E-state index is 0.386. The van der Waals surface area contributed by atoms with Gasteiger partial charge in [0.1, 0.15) is 6.54 Å². The fourth-order valence-electron chi connectivity index (χ4n) is 2.17. The van der Waals surface area contributed by atoms with E-state index in [1.165, 1.54) is 6.07 Å². The van der Waals surface area contributed by atoms with Gasteiger partial charge in [-0.15, -0.1) is 0 Å². The highest BCUT2D eigenvalue weighted by atomic mass is 35.5. The Labute approximate surface area is 146 Å². The van der Waals surface area contributed by atoms with Crippen LogP contribution in [-0.4, -0.2) is 24.6 Å². The van der Waals surface area contributed by atoms with Gasteiger partial charge in [-0.3, -0.25) is 9.59 Å². The average molecular weight is 374 g/mol. The van der Waals surface area contributed by atoms with Crippen molar-refractivity contribution in [3.05, 3.63) is 57.5 Å². The number of halogens is 4. The number of hydrogen-bond donors (Lipinski definition) is 1. The zero-order chi connectivity index (χ0) is 18.8. The Bertz CT molecular complexity index is 847. The minimum atomic E-state index is -4.60. The Morgan fingerprint density at radius 2 is 1.92 bits per heavy atom. The Morgan fingerprint density at radius 1 is 1.24 bits per heavy atom. The summed E-state index contributed by atoms with van der Waals surface area (Å²) in [5.74, 6) is -0.646. The first-order valence-electron chi connectivity index (χ1n) is 7.12. The van der Waals surface area contributed by atoms with Crippen molar-refractivity contribution >= 4 is 28.9 Å². The van der Waals surface area contributed by atoms with Crippen LogP contribution in [0.2, 0.25) is 5.02 Å². The molecule has 0 atom stereocenters. The molecule has 1 aromatic carbocycles. The van der Waals surface area contributed by atoms with Crippen molar-refractivity contribution in [1.82, 2.24) is 4.57 Å². The molecule has 0 aliphatic carbocycles. The number of aromatic nitrogens is 1. The number of amides is 1. The third-order valence-corrected chi connectivity index (χ3v) is 3.57. The van der Waals surface area contributed by atoms with Crippen molar-refractivity contribution in [3.63, 3.8) is 0 Å². The number of benzene rings is 1. The quantitative estimate of drug-likeness (QED) is 0.895. The van der Waals surface area contributed by atoms with Gasteiger partial charge in [0.15, 0.2) is 0 Å². The van der Waals surface area contributed by atoms with Crippen molar-refractivity contribution in [2.24, 2.45) is 0 Å². The minimum Gasteiger partial charge on any atom is -0.376 e. The summed E-state index contributed by atoms with van der Waals surface area (Å²) in [5.41, 5.74) is -0.657. The zero-order valence-electron chi connectivity index (χ0n) is 13.4. The van der Waals surface area contributed by atoms with Crippen LogP contribution >= 0.6 is 11.6 Å². The van der Waals surface area contributed by atoms with Crippen molar-refractivity contribution in [2.75, 3.05) is 24.3 Å². The number of nitrogens with zero attached hydrogens (tertiary/aromatic N) is 2. The molecule has 1 aromatic heterocycles. The largest absolute Gasteiger partial charge is 0.417 e. The number of alkyl halides is 3. The van der Waals surface area contributed by atoms with Crippen molar-refractivity contribution in [3.8, 4) is 0 Å². The maximum Gasteiger partial charge on any atom is 0.417 e. The van der Waals surface area contributed by atoms with Gasteiger partial charge in [0, 0.05) is 31.4 Å². The van der Waals surface area contributed by atoms with E-state index in [1.54, 1.807) is 31.1 Å². The monoisotopic (exact) mass is 373 g/mol. The predicted octanol–water partition coefficient (Wildman–Crippen LogP) is 3.23. The van der Waals surface area contributed by atoms with Crippen LogP contribution in [0.3, 0.4) is 0 Å². The van der Waals surface area contributed by atoms with Gasteiger partial charge < -0.3 is 14.8 Å². The highest BCUT2D eigenvalue weighted by Crippen LogP contribution is 2.29. The van der Waals surface area contributed by atoms with E-state index in [1.807, 2.05) is 0 Å². The van der Waals surface area contributed by atoms with E-state index >= 15 is 0 Å². The first-order valence-corrected chi connectivity index (χ1v) is 7.50. The number of nitrogens with one attached hydrogen (secondary N) is 1. The molecule has 0 saturated carbocycles. The normalized spacial score (nSPS) is 11.3. The van der Waals surface area contributed by atoms with E-state index in [0.717, 1.165) is 6.07 Å². The summed E-state index contributed by atoms with van der Waals surface area (Å²) in [4.78, 5) is 25.6. The lowest BCUT2D eigenvalue weighted by Gasteiger charge is -2.18. The van der Waals surface area contributed by atoms with Crippen LogP contribution in [-0.2, 0) is 17.5 Å². The number of rotatable bonds is 4. The molecule has 0 aliphatic rings. The fourth-order valence-corrected chi connectivity index (χ4v) is 2.34. The molecule has 0 fully saturated rings. The molecule has 0 unspecified atom stereocenters. The Hall–Kier alpha value is -2.48. The molecule has 25 heavy (non-hydrogen) atoms. The number of pyridine rings is 1. The summed E-state index contributed by atoms with van der Waals surface area (Å²) < 4.78 is 38.9. The molecule has 1 N–H and O–H groups in total. The molecule has 0 saturated heterocycles. The van der Waals surface area contributed by atoms with Crippen molar-refractivity contribution in [2.45, 2.75) is 12.7 Å². The lowest BCUT2D eigenvalue weighted by Crippen LogP contribution is -2.28. The molecule has 0 bridgehead atoms. The van der Waals surface area contributed by atoms with E-state index in [4.69, 9.17) is 11.6 Å². The molecule has 1 heterocycles. The Kier molecular flexibility index (Phi) is 5.42. The van der Waals surface area contributed by atoms with E-state index < -0.39 is 29.8 Å². The Morgan fingerprint density at radius 3 is 2.52 bits per heavy atom. The maximum absolute atomic E-state index is 12.7. The second-order valence-electron chi connectivity index (χ2n) is 5.49. The van der Waals surface area contributed by atoms with Gasteiger partial charge in [-0.25, -0.2) is 0 Å². The van der Waals surface area contributed by atoms with Gasteiger partial charge in [-0.1, -0.05) is 11.6 Å². The summed E-state index contributed by atoms with van der Waals surface area (Å²) in [7, 11) is 3.52. The lowest BCUT2D eigenvalue weighted by molar-refractivity contribution is -0.138. The van der Waals surface area contributed by atoms with E-state index in [2.05, 4.69) is 5.32 Å². The predicted molar refractivity (Wildman–Crippen MR) is 90.1 cm³/mol. The van der Waals surface area contributed by atoms with Gasteiger partial charge in [0.25, 0.3) is 5.56 Å². The highest BCUT2D eigenvalue weighted by Gasteiger charge is 2.31. The third-order valence-electron chi connectivity index (χ3n) is 3.34. The number of carbonyl (C=O) groups is 1. The molecular formula is C16H15ClF3N3O2. The van der Waals surface area contributed by atoms with Crippen molar-refractivity contribution < 1.29 is 18.0 Å². The Balaban J connectivity index is 2.24. The van der Waals surface area contributed by atoms with Crippen LogP contribution < -0.4 is 15.8 Å². The molecule has 0 aliphatic heterocycles. The number of hydrogen-bond acceptors (Lipinski definition) is 3. The van der Waals surface area contributed by atoms with Gasteiger partial charge in [-0.05, 0) is 24.3 Å². The van der Waals surface area contributed by atoms with Crippen LogP contribution in [0.1, 0.15) is 5.56 Å². The first kappa shape index (κ1) is 18.9. The van der Waals surface area contributed by atoms with Gasteiger partial charge >= 0.3 is 6.18 Å². The molecule has 0 spiro atoms. The topological polar surface area (TPSA) is 54.3 Å². The second kappa shape index (κ2) is 7.18. The van der Waals surface area contributed by atoms with Crippen molar-refractivity contribution in [1.29, 1.82) is 0 Å². The summed E-state index contributed by atoms with van der Waals surface area (Å²) in [6, 6.07) is 6.31. The molecule has 2 aromatic rings. The molecule has 134 valence electrons. The van der Waals surface area contributed by atoms with Gasteiger partial charge in [0.2, 0.25) is 5.91 Å². The third kappa shape index (κ3) is 4.76. The fraction of sp³-hybridized carbons (Fsp3) is 0.250. The molecule has 1 amide bonds. The maximum atomic E-state index is 12.7. The molecule has 2 rings (SSSR count). The number of carbonyl (C=O) groups excluding carboxylic acids is 1. The smallest absolute Gasteiger partial charge is 0.376 e. The first-order chi connectivity index (χ1) is 11.6. The van der Waals surface area contributed by atoms with E-state index in [0.29, 0.717) is 33.2 Å². The summed E-state index contributed by atoms with van der Waals surface area (Å²) in [6.07, 6.45) is -3.98. The molecule has 9 heteroatoms. The van der Waals surface area contributed by atoms with Crippen LogP contribution in [0.25, 0.3) is 0 Å². The molecule has 0 radical (unpaired) electrons. The summed E-state index contributed by atoms with van der Waals surface area (Å²) >= 11 is 5.91. The summed E-state index contributed by atoms with van der Waals surface area (Å²) in [5, 5.41) is 2.95. The lowest BCUT2D eigenvalue weighted by atomic mass is 10.2. The SMILES string of the molecule is CN(C)c1ccc(Cl)cc1NC(=O)Cn1cc(C(F)(F)F)ccc1=O. The standard InChI is InChI=1S/C16H15ClF3N3O2/c1-22(2)13-5-4-11(17)7-12(13)21-14(24)9-23-8-10(16(18,19)20)3-6-15(23)25/h3-8H,9H2,1-2H3,(H,21,24). The summed E-state index contributed by atoms with van der Waals surface area (Å²) in [6.45, 7) is -0.553. The van der Waals surface area contributed by atoms with Crippen LogP contribution in [0, 0.1) is 0 Å².